The van der Waals surface area contributed by atoms with Gasteiger partial charge in [0, 0.05) is 18.1 Å². The Morgan fingerprint density at radius 3 is 2.69 bits per heavy atom. The van der Waals surface area contributed by atoms with E-state index in [0.717, 1.165) is 16.2 Å². The summed E-state index contributed by atoms with van der Waals surface area (Å²) in [5, 5.41) is 13.5. The number of hydrogen-bond donors (Lipinski definition) is 0. The molecule has 0 N–H and O–H groups in total. The molecule has 1 saturated carbocycles. The Morgan fingerprint density at radius 2 is 2.12 bits per heavy atom. The quantitative estimate of drug-likeness (QED) is 0.633. The molecular formula is C10H17BrN4S. The lowest BCUT2D eigenvalue weighted by atomic mass is 9.77. The molecule has 0 saturated heterocycles. The highest BCUT2D eigenvalue weighted by molar-refractivity contribution is 9.09. The number of thioether (sulfide) groups is 1. The summed E-state index contributed by atoms with van der Waals surface area (Å²) >= 11 is 5.46. The van der Waals surface area contributed by atoms with Gasteiger partial charge >= 0.3 is 0 Å². The second-order valence-electron chi connectivity index (χ2n) is 4.57. The van der Waals surface area contributed by atoms with Gasteiger partial charge in [-0.3, -0.25) is 0 Å². The van der Waals surface area contributed by atoms with Crippen LogP contribution in [0.5, 0.6) is 0 Å². The van der Waals surface area contributed by atoms with Crippen LogP contribution in [0.15, 0.2) is 5.16 Å². The van der Waals surface area contributed by atoms with E-state index in [1.807, 2.05) is 7.05 Å². The molecule has 0 aromatic carbocycles. The van der Waals surface area contributed by atoms with Crippen LogP contribution in [0.4, 0.5) is 0 Å². The first-order valence-electron chi connectivity index (χ1n) is 5.67. The molecule has 1 aliphatic carbocycles. The van der Waals surface area contributed by atoms with Crippen molar-refractivity contribution in [2.24, 2.45) is 12.5 Å². The second-order valence-corrected chi connectivity index (χ2v) is 6.07. The Morgan fingerprint density at radius 1 is 1.38 bits per heavy atom. The minimum absolute atomic E-state index is 0.453. The first kappa shape index (κ1) is 12.4. The summed E-state index contributed by atoms with van der Waals surface area (Å²) in [6, 6.07) is 0. The molecule has 1 aliphatic rings. The number of hydrogen-bond acceptors (Lipinski definition) is 4. The molecule has 1 aromatic rings. The van der Waals surface area contributed by atoms with Crippen LogP contribution in [-0.2, 0) is 7.05 Å². The summed E-state index contributed by atoms with van der Waals surface area (Å²) in [5.74, 6) is 1.12. The molecule has 0 amide bonds. The smallest absolute Gasteiger partial charge is 0.209 e. The summed E-state index contributed by atoms with van der Waals surface area (Å²) in [4.78, 5) is 0. The fraction of sp³-hybridized carbons (Fsp3) is 0.900. The predicted octanol–water partition coefficient (Wildman–Crippen LogP) is 2.65. The Bertz CT molecular complexity index is 335. The number of alkyl halides is 1. The highest BCUT2D eigenvalue weighted by atomic mass is 79.9. The summed E-state index contributed by atoms with van der Waals surface area (Å²) in [5.41, 5.74) is 0.453. The maximum absolute atomic E-state index is 4.02. The van der Waals surface area contributed by atoms with Crippen LogP contribution in [-0.4, -0.2) is 31.3 Å². The molecule has 2 rings (SSSR count). The lowest BCUT2D eigenvalue weighted by molar-refractivity contribution is 0.260. The van der Waals surface area contributed by atoms with Gasteiger partial charge in [-0.1, -0.05) is 47.0 Å². The summed E-state index contributed by atoms with van der Waals surface area (Å²) in [7, 11) is 1.89. The van der Waals surface area contributed by atoms with Crippen molar-refractivity contribution < 1.29 is 0 Å². The third kappa shape index (κ3) is 2.77. The van der Waals surface area contributed by atoms with Crippen LogP contribution in [0, 0.1) is 5.41 Å². The van der Waals surface area contributed by atoms with Crippen LogP contribution >= 0.6 is 27.7 Å². The van der Waals surface area contributed by atoms with Crippen molar-refractivity contribution in [3.05, 3.63) is 0 Å². The zero-order valence-corrected chi connectivity index (χ0v) is 11.9. The Balaban J connectivity index is 1.94. The van der Waals surface area contributed by atoms with Crippen molar-refractivity contribution in [1.29, 1.82) is 0 Å². The zero-order chi connectivity index (χ0) is 11.4. The van der Waals surface area contributed by atoms with Gasteiger partial charge < -0.3 is 0 Å². The number of rotatable bonds is 4. The molecule has 16 heavy (non-hydrogen) atoms. The minimum atomic E-state index is 0.453. The number of halogens is 1. The predicted molar refractivity (Wildman–Crippen MR) is 68.8 cm³/mol. The van der Waals surface area contributed by atoms with Gasteiger partial charge in [0.2, 0.25) is 5.16 Å². The van der Waals surface area contributed by atoms with Crippen molar-refractivity contribution >= 4 is 27.7 Å². The third-order valence-electron chi connectivity index (χ3n) is 3.29. The van der Waals surface area contributed by atoms with Crippen molar-refractivity contribution in [3.63, 3.8) is 0 Å². The number of aromatic nitrogens is 4. The van der Waals surface area contributed by atoms with E-state index >= 15 is 0 Å². The molecule has 1 aromatic heterocycles. The normalized spacial score (nSPS) is 19.9. The molecule has 0 radical (unpaired) electrons. The highest BCUT2D eigenvalue weighted by Crippen LogP contribution is 2.41. The van der Waals surface area contributed by atoms with E-state index in [-0.39, 0.29) is 0 Å². The van der Waals surface area contributed by atoms with E-state index in [4.69, 9.17) is 0 Å². The monoisotopic (exact) mass is 304 g/mol. The maximum Gasteiger partial charge on any atom is 0.209 e. The maximum atomic E-state index is 4.02. The molecule has 6 heteroatoms. The number of tetrazole rings is 1. The van der Waals surface area contributed by atoms with Gasteiger partial charge in [0.1, 0.15) is 0 Å². The van der Waals surface area contributed by atoms with Crippen LogP contribution < -0.4 is 0 Å². The molecular weight excluding hydrogens is 288 g/mol. The summed E-state index contributed by atoms with van der Waals surface area (Å²) in [6.45, 7) is 0. The van der Waals surface area contributed by atoms with E-state index in [2.05, 4.69) is 31.5 Å². The van der Waals surface area contributed by atoms with Gasteiger partial charge in [-0.15, -0.1) is 5.10 Å². The van der Waals surface area contributed by atoms with Gasteiger partial charge in [-0.25, -0.2) is 4.68 Å². The Kier molecular flexibility index (Phi) is 4.24. The van der Waals surface area contributed by atoms with Crippen molar-refractivity contribution in [2.75, 3.05) is 11.1 Å². The first-order valence-corrected chi connectivity index (χ1v) is 7.78. The van der Waals surface area contributed by atoms with Gasteiger partial charge in [0.25, 0.3) is 0 Å². The fourth-order valence-corrected chi connectivity index (χ4v) is 4.34. The molecule has 90 valence electrons. The van der Waals surface area contributed by atoms with Crippen LogP contribution in [0.25, 0.3) is 0 Å². The topological polar surface area (TPSA) is 43.6 Å². The molecule has 1 fully saturated rings. The minimum Gasteiger partial charge on any atom is -0.224 e. The van der Waals surface area contributed by atoms with Gasteiger partial charge in [0.05, 0.1) is 0 Å². The molecule has 0 unspecified atom stereocenters. The summed E-state index contributed by atoms with van der Waals surface area (Å²) < 4.78 is 1.75. The average molecular weight is 305 g/mol. The second kappa shape index (κ2) is 5.49. The van der Waals surface area contributed by atoms with Gasteiger partial charge in [-0.2, -0.15) is 0 Å². The SMILES string of the molecule is Cn1nnnc1SCC1(CBr)CCCCC1. The molecule has 4 nitrogen and oxygen atoms in total. The lowest BCUT2D eigenvalue weighted by Gasteiger charge is -2.35. The Labute approximate surface area is 109 Å². The lowest BCUT2D eigenvalue weighted by Crippen LogP contribution is -2.28. The van der Waals surface area contributed by atoms with Crippen molar-refractivity contribution in [3.8, 4) is 0 Å². The highest BCUT2D eigenvalue weighted by Gasteiger charge is 2.31. The third-order valence-corrected chi connectivity index (χ3v) is 5.84. The van der Waals surface area contributed by atoms with E-state index in [1.165, 1.54) is 32.1 Å². The molecule has 0 aliphatic heterocycles. The standard InChI is InChI=1S/C10H17BrN4S/c1-15-9(12-13-14-15)16-8-10(7-11)5-3-2-4-6-10/h2-8H2,1H3. The van der Waals surface area contributed by atoms with E-state index < -0.39 is 0 Å². The van der Waals surface area contributed by atoms with Crippen molar-refractivity contribution in [2.45, 2.75) is 37.3 Å². The van der Waals surface area contributed by atoms with E-state index in [9.17, 15) is 0 Å². The first-order chi connectivity index (χ1) is 7.76. The van der Waals surface area contributed by atoms with Crippen LogP contribution in [0.3, 0.4) is 0 Å². The average Bonchev–Trinajstić information content (AvgIpc) is 2.74. The van der Waals surface area contributed by atoms with Crippen molar-refractivity contribution in [1.82, 2.24) is 20.2 Å². The van der Waals surface area contributed by atoms with Crippen LogP contribution in [0.1, 0.15) is 32.1 Å². The van der Waals surface area contributed by atoms with E-state index in [1.54, 1.807) is 16.4 Å². The fourth-order valence-electron chi connectivity index (χ4n) is 2.18. The molecule has 0 atom stereocenters. The molecule has 0 spiro atoms. The number of nitrogens with zero attached hydrogens (tertiary/aromatic N) is 4. The number of aryl methyl sites for hydroxylation is 1. The Hall–Kier alpha value is -0.100. The van der Waals surface area contributed by atoms with E-state index in [0.29, 0.717) is 5.41 Å². The molecule has 0 bridgehead atoms. The van der Waals surface area contributed by atoms with Gasteiger partial charge in [-0.05, 0) is 28.7 Å². The van der Waals surface area contributed by atoms with Gasteiger partial charge in [0.15, 0.2) is 0 Å². The summed E-state index contributed by atoms with van der Waals surface area (Å²) in [6.07, 6.45) is 6.78. The van der Waals surface area contributed by atoms with Crippen LogP contribution in [0.2, 0.25) is 0 Å². The zero-order valence-electron chi connectivity index (χ0n) is 9.52. The largest absolute Gasteiger partial charge is 0.224 e. The molecule has 1 heterocycles.